The van der Waals surface area contributed by atoms with E-state index in [1.165, 1.54) is 38.5 Å². The monoisotopic (exact) mass is 522 g/mol. The third-order valence-electron chi connectivity index (χ3n) is 6.20. The first-order valence-corrected chi connectivity index (χ1v) is 16.6. The van der Waals surface area contributed by atoms with Gasteiger partial charge in [-0.1, -0.05) is 0 Å². The molecule has 0 aromatic heterocycles. The van der Waals surface area contributed by atoms with Crippen LogP contribution in [0.1, 0.15) is 116 Å². The Kier molecular flexibility index (Phi) is 18.1. The van der Waals surface area contributed by atoms with E-state index >= 15 is 0 Å². The summed E-state index contributed by atoms with van der Waals surface area (Å²) in [6.07, 6.45) is 12.8. The topological polar surface area (TPSA) is 121 Å². The van der Waals surface area contributed by atoms with Crippen LogP contribution in [0.5, 0.6) is 0 Å². The van der Waals surface area contributed by atoms with Crippen molar-refractivity contribution < 1.29 is 29.4 Å². The van der Waals surface area contributed by atoms with Crippen molar-refractivity contribution in [1.29, 1.82) is 0 Å². The second kappa shape index (κ2) is 18.1. The van der Waals surface area contributed by atoms with Gasteiger partial charge in [0.1, 0.15) is 0 Å². The third kappa shape index (κ3) is 18.2. The summed E-state index contributed by atoms with van der Waals surface area (Å²) in [6, 6.07) is 9.64. The standard InChI is InChI=1S/C26H49O3P.H3O3P/c1-23(2)17-11-6-5-9-16-22-30(27,28,29)26(25-19-13-10-14-20-25)21-15-8-7-12-18-24(3)4;1-4(2)3/h10,13-14,19-20,23-24,26-29H,5-9,11-12,15-18,21-22H2,1-4H3;1-3H. The van der Waals surface area contributed by atoms with E-state index in [9.17, 15) is 14.7 Å². The molecule has 0 aliphatic carbocycles. The second-order valence-corrected chi connectivity index (χ2v) is 14.5. The Balaban J connectivity index is 0.00000251. The van der Waals surface area contributed by atoms with Gasteiger partial charge in [0.25, 0.3) is 0 Å². The van der Waals surface area contributed by atoms with Crippen LogP contribution in [0.3, 0.4) is 0 Å². The van der Waals surface area contributed by atoms with Crippen molar-refractivity contribution >= 4 is 15.9 Å². The molecule has 0 bridgehead atoms. The fourth-order valence-electron chi connectivity index (χ4n) is 4.31. The molecule has 1 aromatic rings. The Labute approximate surface area is 209 Å². The summed E-state index contributed by atoms with van der Waals surface area (Å²) < 4.78 is 0. The van der Waals surface area contributed by atoms with Gasteiger partial charge in [-0.3, -0.25) is 0 Å². The van der Waals surface area contributed by atoms with Crippen molar-refractivity contribution in [1.82, 2.24) is 0 Å². The third-order valence-corrected chi connectivity index (χ3v) is 9.21. The molecule has 8 heteroatoms. The summed E-state index contributed by atoms with van der Waals surface area (Å²) in [5.41, 5.74) is 0.310. The minimum Gasteiger partial charge on any atom is -0.328 e. The van der Waals surface area contributed by atoms with Crippen LogP contribution in [-0.2, 0) is 0 Å². The molecular formula is C26H52O6P2. The molecule has 0 saturated carbocycles. The number of benzene rings is 1. The smallest absolute Gasteiger partial charge is 0.324 e. The molecule has 0 fully saturated rings. The van der Waals surface area contributed by atoms with E-state index in [4.69, 9.17) is 14.7 Å². The molecule has 1 rings (SSSR count). The maximum Gasteiger partial charge on any atom is 0.324 e. The van der Waals surface area contributed by atoms with Crippen LogP contribution in [0.25, 0.3) is 0 Å². The molecule has 0 aliphatic heterocycles. The van der Waals surface area contributed by atoms with Gasteiger partial charge in [-0.2, -0.15) is 0 Å². The molecule has 0 aliphatic rings. The van der Waals surface area contributed by atoms with E-state index in [2.05, 4.69) is 27.7 Å². The minimum atomic E-state index is -4.73. The quantitative estimate of drug-likeness (QED) is 0.0951. The Bertz CT molecular complexity index is 600. The normalized spacial score (nSPS) is 14.1. The van der Waals surface area contributed by atoms with Crippen molar-refractivity contribution in [2.45, 2.75) is 110 Å². The van der Waals surface area contributed by atoms with Crippen LogP contribution in [0.15, 0.2) is 30.3 Å². The minimum absolute atomic E-state index is 0.128. The van der Waals surface area contributed by atoms with Gasteiger partial charge in [0.05, 0.1) is 0 Å². The van der Waals surface area contributed by atoms with Gasteiger partial charge in [0.15, 0.2) is 0 Å². The van der Waals surface area contributed by atoms with Gasteiger partial charge in [-0.15, -0.1) is 0 Å². The predicted molar refractivity (Wildman–Crippen MR) is 146 cm³/mol. The first-order chi connectivity index (χ1) is 15.8. The van der Waals surface area contributed by atoms with Gasteiger partial charge in [-0.05, 0) is 0 Å². The maximum absolute atomic E-state index is 11.1. The van der Waals surface area contributed by atoms with Crippen LogP contribution in [0.4, 0.5) is 0 Å². The number of hydrogen-bond donors (Lipinski definition) is 6. The van der Waals surface area contributed by atoms with Crippen molar-refractivity contribution in [3.8, 4) is 0 Å². The van der Waals surface area contributed by atoms with Gasteiger partial charge in [0.2, 0.25) is 0 Å². The van der Waals surface area contributed by atoms with E-state index in [1.807, 2.05) is 30.3 Å². The predicted octanol–water partition coefficient (Wildman–Crippen LogP) is 7.19. The fraction of sp³-hybridized carbons (Fsp3) is 0.769. The van der Waals surface area contributed by atoms with Gasteiger partial charge in [0, 0.05) is 0 Å². The van der Waals surface area contributed by atoms with Crippen molar-refractivity contribution in [3.63, 3.8) is 0 Å². The SMILES string of the molecule is CC(C)CCCCCCCP(O)(O)(O)C(CCCCCCC(C)C)c1ccccc1.OP(O)O. The zero-order chi connectivity index (χ0) is 26.1. The molecule has 34 heavy (non-hydrogen) atoms. The molecular weight excluding hydrogens is 470 g/mol. The summed E-state index contributed by atoms with van der Waals surface area (Å²) in [6.45, 7) is 9.01. The molecule has 0 amide bonds. The van der Waals surface area contributed by atoms with E-state index in [-0.39, 0.29) is 6.16 Å². The Hall–Kier alpha value is -0.160. The largest absolute Gasteiger partial charge is 0.328 e. The molecule has 0 spiro atoms. The molecule has 0 radical (unpaired) electrons. The zero-order valence-corrected chi connectivity index (χ0v) is 23.7. The van der Waals surface area contributed by atoms with Crippen molar-refractivity contribution in [2.75, 3.05) is 6.16 Å². The van der Waals surface area contributed by atoms with Crippen LogP contribution in [-0.4, -0.2) is 35.5 Å². The second-order valence-electron chi connectivity index (χ2n) is 10.5. The van der Waals surface area contributed by atoms with Gasteiger partial charge < -0.3 is 14.7 Å². The Morgan fingerprint density at radius 1 is 0.618 bits per heavy atom. The summed E-state index contributed by atoms with van der Waals surface area (Å²) in [5, 5.41) is 0. The van der Waals surface area contributed by atoms with Crippen LogP contribution < -0.4 is 0 Å². The fourth-order valence-corrected chi connectivity index (χ4v) is 6.95. The number of rotatable bonds is 17. The van der Waals surface area contributed by atoms with Crippen LogP contribution in [0, 0.1) is 11.8 Å². The van der Waals surface area contributed by atoms with Crippen LogP contribution in [0.2, 0.25) is 0 Å². The zero-order valence-electron chi connectivity index (χ0n) is 21.9. The maximum atomic E-state index is 11.1. The van der Waals surface area contributed by atoms with Crippen LogP contribution >= 0.6 is 15.9 Å². The molecule has 0 heterocycles. The Morgan fingerprint density at radius 2 is 1.00 bits per heavy atom. The molecule has 1 atom stereocenters. The van der Waals surface area contributed by atoms with Gasteiger partial charge >= 0.3 is 195 Å². The first-order valence-electron chi connectivity index (χ1n) is 13.0. The summed E-state index contributed by atoms with van der Waals surface area (Å²) in [7, 11) is -7.35. The first kappa shape index (κ1) is 33.8. The number of hydrogen-bond acceptors (Lipinski definition) is 6. The van der Waals surface area contributed by atoms with Gasteiger partial charge in [-0.25, -0.2) is 0 Å². The molecule has 1 unspecified atom stereocenters. The molecule has 1 aromatic carbocycles. The van der Waals surface area contributed by atoms with E-state index in [1.54, 1.807) is 0 Å². The van der Waals surface area contributed by atoms with Crippen molar-refractivity contribution in [3.05, 3.63) is 35.9 Å². The number of unbranched alkanes of at least 4 members (excludes halogenated alkanes) is 7. The van der Waals surface area contributed by atoms with E-state index < -0.39 is 21.5 Å². The molecule has 6 nitrogen and oxygen atoms in total. The summed E-state index contributed by atoms with van der Waals surface area (Å²) >= 11 is 0. The summed E-state index contributed by atoms with van der Waals surface area (Å²) in [5.74, 6) is 1.49. The molecule has 0 saturated heterocycles. The molecule has 202 valence electrons. The van der Waals surface area contributed by atoms with E-state index in [0.717, 1.165) is 43.1 Å². The van der Waals surface area contributed by atoms with Crippen molar-refractivity contribution in [2.24, 2.45) is 11.8 Å². The average Bonchev–Trinajstić information content (AvgIpc) is 2.71. The molecule has 6 N–H and O–H groups in total. The average molecular weight is 523 g/mol. The Morgan fingerprint density at radius 3 is 1.44 bits per heavy atom. The van der Waals surface area contributed by atoms with E-state index in [0.29, 0.717) is 12.8 Å². The summed E-state index contributed by atoms with van der Waals surface area (Å²) in [4.78, 5) is 55.0.